The number of fused-ring (bicyclic) bond motifs is 24. The maximum absolute atomic E-state index is 5.35. The van der Waals surface area contributed by atoms with Crippen molar-refractivity contribution in [3.63, 3.8) is 0 Å². The normalized spacial score (nSPS) is 11.7. The van der Waals surface area contributed by atoms with Crippen LogP contribution in [0.4, 0.5) is 0 Å². The van der Waals surface area contributed by atoms with Crippen molar-refractivity contribution in [3.05, 3.63) is 528 Å². The van der Waals surface area contributed by atoms with Crippen LogP contribution in [0.2, 0.25) is 0 Å². The van der Waals surface area contributed by atoms with Crippen molar-refractivity contribution in [1.82, 2.24) is 43.6 Å². The van der Waals surface area contributed by atoms with E-state index in [1.807, 2.05) is 30.3 Å². The molecule has 0 unspecified atom stereocenters. The summed E-state index contributed by atoms with van der Waals surface area (Å²) in [6, 6.07) is 188. The Bertz CT molecular complexity index is 10100. The Labute approximate surface area is 846 Å². The summed E-state index contributed by atoms with van der Waals surface area (Å²) in [6.07, 6.45) is 0. The predicted molar refractivity (Wildman–Crippen MR) is 616 cm³/mol. The molecule has 0 amide bonds. The van der Waals surface area contributed by atoms with Gasteiger partial charge in [-0.2, -0.15) is 0 Å². The van der Waals surface area contributed by atoms with Crippen molar-refractivity contribution in [2.45, 2.75) is 0 Å². The second-order valence-electron chi connectivity index (χ2n) is 37.8. The van der Waals surface area contributed by atoms with E-state index in [2.05, 4.69) is 511 Å². The van der Waals surface area contributed by atoms with E-state index in [-0.39, 0.29) is 0 Å². The van der Waals surface area contributed by atoms with E-state index in [0.717, 1.165) is 117 Å². The Morgan fingerprint density at radius 1 is 0.122 bits per heavy atom. The number of hydrogen-bond acceptors (Lipinski definition) is 6. The molecule has 9 nitrogen and oxygen atoms in total. The van der Waals surface area contributed by atoms with Gasteiger partial charge in [-0.1, -0.05) is 376 Å². The molecular formula is C138H87N9. The first-order chi connectivity index (χ1) is 72.9. The maximum atomic E-state index is 5.35. The number of aromatic nitrogens is 9. The minimum Gasteiger partial charge on any atom is -0.309 e. The number of rotatable bonds is 12. The Morgan fingerprint density at radius 3 is 0.626 bits per heavy atom. The second-order valence-corrected chi connectivity index (χ2v) is 37.8. The Balaban J connectivity index is 0.000000107. The molecule has 0 fully saturated rings. The predicted octanol–water partition coefficient (Wildman–Crippen LogP) is 36.1. The van der Waals surface area contributed by atoms with Crippen LogP contribution in [0.5, 0.6) is 0 Å². The van der Waals surface area contributed by atoms with Crippen LogP contribution in [0.3, 0.4) is 0 Å². The van der Waals surface area contributed by atoms with Gasteiger partial charge in [-0.15, -0.1) is 0 Å². The van der Waals surface area contributed by atoms with E-state index in [4.69, 9.17) is 29.9 Å². The highest BCUT2D eigenvalue weighted by molar-refractivity contribution is 6.32. The van der Waals surface area contributed by atoms with Crippen LogP contribution in [-0.4, -0.2) is 43.6 Å². The zero-order chi connectivity index (χ0) is 96.9. The second kappa shape index (κ2) is 35.8. The van der Waals surface area contributed by atoms with E-state index in [1.165, 1.54) is 152 Å². The number of para-hydroxylation sites is 3. The standard InChI is InChI=1S/C52H33N3.C46H29N3.C40H25N3/c1-3-13-34(14-4-1)39-31-40(35-15-5-2-6-16-35)33-41(32-39)51-45-21-11-12-22-46(45)53-52(54-51)38-23-27-42(28-24-38)55-47-29-25-36-17-7-9-19-43(36)49(47)50-44-20-10-8-18-37(44)26-30-48(50)55;1-2-11-30(12-3-1)34-15-10-16-35(29-34)45-39-19-8-9-20-40(39)47-46(48-45)33-21-25-36(26-22-33)49-41-27-23-31-13-4-6-17-37(31)43(41)44-38-18-7-5-14-32(38)24-28-42(44)49;1-2-12-28(13-3-1)39-33-16-8-9-17-34(33)41-40(42-39)29-18-22-30(23-19-29)43-35-24-20-26-10-4-6-14-31(26)37(35)38-32-15-7-5-11-27(32)21-25-36(38)43/h1-33H;1-29H;1-25H. The molecule has 0 saturated heterocycles. The van der Waals surface area contributed by atoms with Crippen molar-refractivity contribution < 1.29 is 0 Å². The molecule has 147 heavy (non-hydrogen) atoms. The first-order valence-corrected chi connectivity index (χ1v) is 50.0. The van der Waals surface area contributed by atoms with Crippen molar-refractivity contribution in [3.8, 4) is 118 Å². The minimum absolute atomic E-state index is 0.700. The molecule has 0 N–H and O–H groups in total. The summed E-state index contributed by atoms with van der Waals surface area (Å²) in [7, 11) is 0. The van der Waals surface area contributed by atoms with Gasteiger partial charge in [0.25, 0.3) is 0 Å². The third-order valence-corrected chi connectivity index (χ3v) is 29.3. The number of benzene rings is 24. The van der Waals surface area contributed by atoms with Gasteiger partial charge >= 0.3 is 0 Å². The lowest BCUT2D eigenvalue weighted by molar-refractivity contribution is 1.17. The molecule has 30 aromatic rings. The molecule has 9 heteroatoms. The molecule has 0 aliphatic rings. The fourth-order valence-corrected chi connectivity index (χ4v) is 22.5. The molecular weight excluding hydrogens is 1780 g/mol. The van der Waals surface area contributed by atoms with E-state index >= 15 is 0 Å². The summed E-state index contributed by atoms with van der Waals surface area (Å²) >= 11 is 0. The van der Waals surface area contributed by atoms with Crippen molar-refractivity contribution in [2.75, 3.05) is 0 Å². The van der Waals surface area contributed by atoms with Gasteiger partial charge in [-0.05, 0) is 250 Å². The van der Waals surface area contributed by atoms with Crippen LogP contribution in [0.1, 0.15) is 0 Å². The summed E-state index contributed by atoms with van der Waals surface area (Å²) in [6.45, 7) is 0. The van der Waals surface area contributed by atoms with Crippen LogP contribution in [0, 0.1) is 0 Å². The van der Waals surface area contributed by atoms with Crippen LogP contribution < -0.4 is 0 Å². The molecule has 0 atom stereocenters. The molecule has 0 radical (unpaired) electrons. The largest absolute Gasteiger partial charge is 0.309 e. The zero-order valence-corrected chi connectivity index (χ0v) is 79.8. The Hall–Kier alpha value is -19.7. The average molecular weight is 1870 g/mol. The van der Waals surface area contributed by atoms with Gasteiger partial charge in [0.1, 0.15) is 0 Å². The molecule has 0 spiro atoms. The SMILES string of the molecule is c1ccc(-c2cc(-c3ccccc3)cc(-c3nc(-c4ccc(-n5c6ccc7ccccc7c6c6c7ccccc7ccc65)cc4)nc4ccccc34)c2)cc1.c1ccc(-c2cccc(-c3nc(-c4ccc(-n5c6ccc7ccccc7c6c6c7ccccc7ccc65)cc4)nc4ccccc34)c2)cc1.c1ccc(-c2nc(-c3ccc(-n4c5ccc6ccccc6c5c5c6ccccc6ccc54)cc3)nc3ccccc23)cc1. The third-order valence-electron chi connectivity index (χ3n) is 29.3. The lowest BCUT2D eigenvalue weighted by Crippen LogP contribution is -1.97. The molecule has 684 valence electrons. The summed E-state index contributed by atoms with van der Waals surface area (Å²) in [5, 5.41) is 25.9. The lowest BCUT2D eigenvalue weighted by atomic mass is 9.94. The molecule has 6 aromatic heterocycles. The fraction of sp³-hybridized carbons (Fsp3) is 0. The number of nitrogens with zero attached hydrogens (tertiary/aromatic N) is 9. The van der Waals surface area contributed by atoms with E-state index < -0.39 is 0 Å². The van der Waals surface area contributed by atoms with E-state index in [1.54, 1.807) is 0 Å². The smallest absolute Gasteiger partial charge is 0.160 e. The van der Waals surface area contributed by atoms with Crippen LogP contribution in [0.15, 0.2) is 528 Å². The summed E-state index contributed by atoms with van der Waals surface area (Å²) in [4.78, 5) is 30.8. The van der Waals surface area contributed by atoms with Crippen LogP contribution in [0.25, 0.3) is 281 Å². The molecule has 24 aromatic carbocycles. The molecule has 6 heterocycles. The highest BCUT2D eigenvalue weighted by Gasteiger charge is 2.25. The average Bonchev–Trinajstić information content (AvgIpc) is 1.57. The van der Waals surface area contributed by atoms with Crippen LogP contribution >= 0.6 is 0 Å². The van der Waals surface area contributed by atoms with Crippen molar-refractivity contribution in [1.29, 1.82) is 0 Å². The van der Waals surface area contributed by atoms with Gasteiger partial charge < -0.3 is 13.7 Å². The highest BCUT2D eigenvalue weighted by atomic mass is 15.0. The molecule has 0 bridgehead atoms. The fourth-order valence-electron chi connectivity index (χ4n) is 22.5. The topological polar surface area (TPSA) is 92.1 Å². The number of hydrogen-bond donors (Lipinski definition) is 0. The molecule has 0 saturated carbocycles. The Kier molecular flexibility index (Phi) is 20.8. The summed E-state index contributed by atoms with van der Waals surface area (Å²) in [5.74, 6) is 2.14. The molecule has 0 aliphatic carbocycles. The van der Waals surface area contributed by atoms with Gasteiger partial charge in [0, 0.05) is 98.9 Å². The van der Waals surface area contributed by atoms with Crippen LogP contribution in [-0.2, 0) is 0 Å². The van der Waals surface area contributed by atoms with Gasteiger partial charge in [0.2, 0.25) is 0 Å². The summed E-state index contributed by atoms with van der Waals surface area (Å²) in [5.41, 5.74) is 29.2. The van der Waals surface area contributed by atoms with Crippen molar-refractivity contribution in [2.24, 2.45) is 0 Å². The molecule has 0 aliphatic heterocycles. The van der Waals surface area contributed by atoms with Gasteiger partial charge in [-0.25, -0.2) is 29.9 Å². The van der Waals surface area contributed by atoms with Crippen molar-refractivity contribution >= 4 is 163 Å². The zero-order valence-electron chi connectivity index (χ0n) is 79.8. The van der Waals surface area contributed by atoms with E-state index in [9.17, 15) is 0 Å². The first-order valence-electron chi connectivity index (χ1n) is 50.0. The monoisotopic (exact) mass is 1870 g/mol. The first kappa shape index (κ1) is 85.3. The lowest BCUT2D eigenvalue weighted by Gasteiger charge is -2.14. The minimum atomic E-state index is 0.700. The summed E-state index contributed by atoms with van der Waals surface area (Å²) < 4.78 is 7.19. The van der Waals surface area contributed by atoms with Gasteiger partial charge in [0.15, 0.2) is 17.5 Å². The molecule has 30 rings (SSSR count). The van der Waals surface area contributed by atoms with E-state index in [0.29, 0.717) is 11.6 Å². The highest BCUT2D eigenvalue weighted by Crippen LogP contribution is 2.48. The quantitative estimate of drug-likeness (QED) is 0.121. The third kappa shape index (κ3) is 14.9. The Morgan fingerprint density at radius 2 is 0.333 bits per heavy atom. The maximum Gasteiger partial charge on any atom is 0.160 e. The van der Waals surface area contributed by atoms with Gasteiger partial charge in [0.05, 0.1) is 66.7 Å². The van der Waals surface area contributed by atoms with Gasteiger partial charge in [-0.3, -0.25) is 0 Å².